The molecule has 1 heterocycles. The van der Waals surface area contributed by atoms with Crippen molar-refractivity contribution < 1.29 is 9.84 Å². The number of hydrogen-bond acceptors (Lipinski definition) is 4. The van der Waals surface area contributed by atoms with Gasteiger partial charge in [0.25, 0.3) is 0 Å². The zero-order chi connectivity index (χ0) is 12.0. The normalized spacial score (nSPS) is 13.0. The van der Waals surface area contributed by atoms with E-state index in [0.717, 1.165) is 25.0 Å². The zero-order valence-electron chi connectivity index (χ0n) is 10.3. The molecule has 0 amide bonds. The van der Waals surface area contributed by atoms with Crippen molar-refractivity contribution >= 4 is 0 Å². The van der Waals surface area contributed by atoms with Crippen molar-refractivity contribution in [2.24, 2.45) is 0 Å². The van der Waals surface area contributed by atoms with E-state index >= 15 is 0 Å². The first kappa shape index (κ1) is 13.1. The quantitative estimate of drug-likeness (QED) is 0.763. The second-order valence-electron chi connectivity index (χ2n) is 3.97. The van der Waals surface area contributed by atoms with E-state index in [4.69, 9.17) is 4.74 Å². The van der Waals surface area contributed by atoms with E-state index in [1.165, 1.54) is 0 Å². The largest absolute Gasteiger partial charge is 0.390 e. The molecule has 1 aromatic rings. The van der Waals surface area contributed by atoms with Gasteiger partial charge in [0.15, 0.2) is 0 Å². The first-order valence-corrected chi connectivity index (χ1v) is 5.77. The van der Waals surface area contributed by atoms with Crippen molar-refractivity contribution in [3.63, 3.8) is 0 Å². The third-order valence-corrected chi connectivity index (χ3v) is 2.67. The fourth-order valence-corrected chi connectivity index (χ4v) is 1.73. The first-order valence-electron chi connectivity index (χ1n) is 5.77. The van der Waals surface area contributed by atoms with E-state index in [2.05, 4.69) is 24.2 Å². The molecule has 1 unspecified atom stereocenters. The molecule has 1 aromatic heterocycles. The summed E-state index contributed by atoms with van der Waals surface area (Å²) in [5, 5.41) is 17.3. The summed E-state index contributed by atoms with van der Waals surface area (Å²) in [4.78, 5) is 0. The maximum absolute atomic E-state index is 9.18. The van der Waals surface area contributed by atoms with Gasteiger partial charge in [-0.1, -0.05) is 18.6 Å². The predicted molar refractivity (Wildman–Crippen MR) is 61.1 cm³/mol. The number of rotatable bonds is 7. The van der Waals surface area contributed by atoms with E-state index in [-0.39, 0.29) is 12.6 Å². The number of ether oxygens (including phenoxy) is 1. The van der Waals surface area contributed by atoms with Gasteiger partial charge in [0.2, 0.25) is 0 Å². The minimum absolute atomic E-state index is 0.0354. The molecule has 0 fully saturated rings. The van der Waals surface area contributed by atoms with Crippen LogP contribution in [0.2, 0.25) is 0 Å². The Morgan fingerprint density at radius 3 is 2.81 bits per heavy atom. The number of methoxy groups -OCH3 is 1. The summed E-state index contributed by atoms with van der Waals surface area (Å²) in [5.74, 6) is 0. The average molecular weight is 227 g/mol. The van der Waals surface area contributed by atoms with Crippen LogP contribution in [0.5, 0.6) is 0 Å². The summed E-state index contributed by atoms with van der Waals surface area (Å²) < 4.78 is 6.97. The molecule has 1 rings (SSSR count). The molecule has 1 atom stereocenters. The van der Waals surface area contributed by atoms with Crippen molar-refractivity contribution in [3.8, 4) is 0 Å². The minimum Gasteiger partial charge on any atom is -0.390 e. The van der Waals surface area contributed by atoms with Gasteiger partial charge in [-0.15, -0.1) is 5.10 Å². The molecule has 0 aromatic carbocycles. The Labute approximate surface area is 96.4 Å². The maximum Gasteiger partial charge on any atom is 0.111 e. The van der Waals surface area contributed by atoms with E-state index in [0.29, 0.717) is 12.3 Å². The van der Waals surface area contributed by atoms with Crippen LogP contribution in [-0.2, 0) is 17.8 Å². The maximum atomic E-state index is 9.18. The van der Waals surface area contributed by atoms with Gasteiger partial charge in [-0.25, -0.2) is 4.68 Å². The van der Waals surface area contributed by atoms with Crippen LogP contribution in [0.1, 0.15) is 44.1 Å². The highest BCUT2D eigenvalue weighted by molar-refractivity contribution is 5.10. The van der Waals surface area contributed by atoms with Crippen LogP contribution < -0.4 is 0 Å². The summed E-state index contributed by atoms with van der Waals surface area (Å²) in [6, 6.07) is 0.259. The number of nitrogens with zero attached hydrogens (tertiary/aromatic N) is 3. The third kappa shape index (κ3) is 3.02. The lowest BCUT2D eigenvalue weighted by atomic mass is 10.2. The third-order valence-electron chi connectivity index (χ3n) is 2.67. The Morgan fingerprint density at radius 1 is 1.50 bits per heavy atom. The second-order valence-corrected chi connectivity index (χ2v) is 3.97. The molecule has 1 N–H and O–H groups in total. The van der Waals surface area contributed by atoms with Crippen molar-refractivity contribution in [2.45, 2.75) is 45.8 Å². The summed E-state index contributed by atoms with van der Waals surface area (Å²) in [7, 11) is 1.69. The number of aliphatic hydroxyl groups excluding tert-OH is 1. The van der Waals surface area contributed by atoms with Crippen LogP contribution in [-0.4, -0.2) is 33.8 Å². The fourth-order valence-electron chi connectivity index (χ4n) is 1.73. The molecule has 0 aliphatic rings. The van der Waals surface area contributed by atoms with E-state index in [1.807, 2.05) is 4.68 Å². The molecule has 0 radical (unpaired) electrons. The summed E-state index contributed by atoms with van der Waals surface area (Å²) in [5.41, 5.74) is 1.75. The van der Waals surface area contributed by atoms with Crippen molar-refractivity contribution in [1.82, 2.24) is 15.0 Å². The molecule has 0 bridgehead atoms. The van der Waals surface area contributed by atoms with Gasteiger partial charge in [0, 0.05) is 13.7 Å². The monoisotopic (exact) mass is 227 g/mol. The highest BCUT2D eigenvalue weighted by Gasteiger charge is 2.15. The molecule has 5 nitrogen and oxygen atoms in total. The van der Waals surface area contributed by atoms with Crippen LogP contribution >= 0.6 is 0 Å². The Balaban J connectivity index is 2.81. The molecule has 0 saturated heterocycles. The fraction of sp³-hybridized carbons (Fsp3) is 0.818. The van der Waals surface area contributed by atoms with Crippen LogP contribution in [0.4, 0.5) is 0 Å². The molecule has 0 saturated carbocycles. The van der Waals surface area contributed by atoms with E-state index < -0.39 is 0 Å². The van der Waals surface area contributed by atoms with Gasteiger partial charge in [0.1, 0.15) is 5.69 Å². The van der Waals surface area contributed by atoms with E-state index in [9.17, 15) is 5.11 Å². The minimum atomic E-state index is -0.0354. The van der Waals surface area contributed by atoms with Gasteiger partial charge in [0.05, 0.1) is 18.3 Å². The van der Waals surface area contributed by atoms with Crippen LogP contribution in [0.25, 0.3) is 0 Å². The summed E-state index contributed by atoms with van der Waals surface area (Å²) in [6.45, 7) is 4.87. The lowest BCUT2D eigenvalue weighted by molar-refractivity contribution is 0.177. The number of hydrogen-bond donors (Lipinski definition) is 1. The van der Waals surface area contributed by atoms with Crippen molar-refractivity contribution in [3.05, 3.63) is 11.4 Å². The van der Waals surface area contributed by atoms with Gasteiger partial charge < -0.3 is 9.84 Å². The SMILES string of the molecule is CCCc1c(CO)nnn1C(C)CCOC. The van der Waals surface area contributed by atoms with Gasteiger partial charge in [-0.05, 0) is 19.8 Å². The Bertz CT molecular complexity index is 312. The summed E-state index contributed by atoms with van der Waals surface area (Å²) >= 11 is 0. The van der Waals surface area contributed by atoms with E-state index in [1.54, 1.807) is 7.11 Å². The molecule has 92 valence electrons. The lowest BCUT2D eigenvalue weighted by Crippen LogP contribution is -2.13. The van der Waals surface area contributed by atoms with Crippen LogP contribution in [0, 0.1) is 0 Å². The second kappa shape index (κ2) is 6.60. The van der Waals surface area contributed by atoms with Crippen molar-refractivity contribution in [1.29, 1.82) is 0 Å². The topological polar surface area (TPSA) is 60.2 Å². The summed E-state index contributed by atoms with van der Waals surface area (Å²) in [6.07, 6.45) is 2.83. The zero-order valence-corrected chi connectivity index (χ0v) is 10.3. The van der Waals surface area contributed by atoms with Gasteiger partial charge in [-0.3, -0.25) is 0 Å². The number of aromatic nitrogens is 3. The Morgan fingerprint density at radius 2 is 2.25 bits per heavy atom. The molecular weight excluding hydrogens is 206 g/mol. The molecule has 5 heteroatoms. The Kier molecular flexibility index (Phi) is 5.42. The average Bonchev–Trinajstić information content (AvgIpc) is 2.69. The first-order chi connectivity index (χ1) is 7.74. The smallest absolute Gasteiger partial charge is 0.111 e. The molecular formula is C11H21N3O2. The number of aliphatic hydroxyl groups is 1. The molecule has 0 spiro atoms. The predicted octanol–water partition coefficient (Wildman–Crippen LogP) is 1.32. The Hall–Kier alpha value is -0.940. The highest BCUT2D eigenvalue weighted by atomic mass is 16.5. The van der Waals surface area contributed by atoms with Gasteiger partial charge >= 0.3 is 0 Å². The van der Waals surface area contributed by atoms with Crippen LogP contribution in [0.15, 0.2) is 0 Å². The van der Waals surface area contributed by atoms with Crippen LogP contribution in [0.3, 0.4) is 0 Å². The lowest BCUT2D eigenvalue weighted by Gasteiger charge is -2.14. The van der Waals surface area contributed by atoms with Crippen molar-refractivity contribution in [2.75, 3.05) is 13.7 Å². The standard InChI is InChI=1S/C11H21N3O2/c1-4-5-11-10(8-15)12-13-14(11)9(2)6-7-16-3/h9,15H,4-8H2,1-3H3. The highest BCUT2D eigenvalue weighted by Crippen LogP contribution is 2.16. The molecule has 16 heavy (non-hydrogen) atoms. The molecule has 0 aliphatic heterocycles. The van der Waals surface area contributed by atoms with Gasteiger partial charge in [-0.2, -0.15) is 0 Å². The molecule has 0 aliphatic carbocycles.